The number of ether oxygens (including phenoxy) is 1. The fourth-order valence-electron chi connectivity index (χ4n) is 4.62. The topological polar surface area (TPSA) is 98.2 Å². The molecule has 0 spiro atoms. The maximum atomic E-state index is 12.7. The molecule has 5 rings (SSSR count). The molecule has 8 nitrogen and oxygen atoms in total. The molecule has 1 aliphatic heterocycles. The number of hydrogen-bond donors (Lipinski definition) is 2. The summed E-state index contributed by atoms with van der Waals surface area (Å²) >= 11 is 0. The van der Waals surface area contributed by atoms with Crippen LogP contribution in [0.4, 0.5) is 11.4 Å². The van der Waals surface area contributed by atoms with Gasteiger partial charge < -0.3 is 14.8 Å². The van der Waals surface area contributed by atoms with E-state index in [-0.39, 0.29) is 5.88 Å². The van der Waals surface area contributed by atoms with Crippen LogP contribution < -0.4 is 4.31 Å². The van der Waals surface area contributed by atoms with Crippen LogP contribution in [-0.4, -0.2) is 74.8 Å². The van der Waals surface area contributed by atoms with Gasteiger partial charge in [0.2, 0.25) is 10.0 Å². The number of aromatic amines is 1. The van der Waals surface area contributed by atoms with Crippen LogP contribution in [0.5, 0.6) is 5.88 Å². The van der Waals surface area contributed by atoms with Gasteiger partial charge in [-0.1, -0.05) is 54.6 Å². The summed E-state index contributed by atoms with van der Waals surface area (Å²) in [6.45, 7) is 3.84. The zero-order valence-corrected chi connectivity index (χ0v) is 21.5. The van der Waals surface area contributed by atoms with Crippen LogP contribution in [0.3, 0.4) is 0 Å². The van der Waals surface area contributed by atoms with Crippen molar-refractivity contribution < 1.29 is 18.3 Å². The molecule has 2 N–H and O–H groups in total. The first-order chi connectivity index (χ1) is 17.9. The number of benzene rings is 3. The number of H-pyrrole nitrogens is 1. The molecule has 9 heteroatoms. The lowest BCUT2D eigenvalue weighted by Crippen LogP contribution is -2.43. The van der Waals surface area contributed by atoms with Gasteiger partial charge >= 0.3 is 0 Å². The molecule has 3 aromatic carbocycles. The molecule has 0 bridgehead atoms. The lowest BCUT2D eigenvalue weighted by molar-refractivity contribution is 0.0395. The number of aromatic nitrogens is 1. The van der Waals surface area contributed by atoms with E-state index < -0.39 is 10.0 Å². The predicted molar refractivity (Wildman–Crippen MR) is 148 cm³/mol. The molecule has 0 unspecified atom stereocenters. The molecule has 0 amide bonds. The van der Waals surface area contributed by atoms with E-state index in [2.05, 4.69) is 9.88 Å². The molecule has 192 valence electrons. The van der Waals surface area contributed by atoms with E-state index in [1.165, 1.54) is 10.6 Å². The Morgan fingerprint density at radius 3 is 2.51 bits per heavy atom. The standard InChI is InChI=1S/C28H30N4O4S/c1-37(34,35)32(15-14-31-16-18-36-19-17-31)23-11-7-10-22(20-23)29-27(21-8-3-2-4-9-21)26-24-12-5-6-13-25(24)30-28(26)33/h2-13,20,30,33H,14-19H2,1H3. The van der Waals surface area contributed by atoms with Crippen LogP contribution in [0.1, 0.15) is 11.1 Å². The number of aliphatic imine (C=N–C) groups is 1. The minimum atomic E-state index is -3.51. The van der Waals surface area contributed by atoms with Crippen LogP contribution in [0.15, 0.2) is 83.9 Å². The minimum Gasteiger partial charge on any atom is -0.494 e. The highest BCUT2D eigenvalue weighted by Gasteiger charge is 2.21. The molecular formula is C28H30N4O4S. The third-order valence-electron chi connectivity index (χ3n) is 6.45. The third kappa shape index (κ3) is 5.69. The summed E-state index contributed by atoms with van der Waals surface area (Å²) in [6.07, 6.45) is 1.22. The summed E-state index contributed by atoms with van der Waals surface area (Å²) in [5.74, 6) is 0.0308. The minimum absolute atomic E-state index is 0.0308. The number of sulfonamides is 1. The van der Waals surface area contributed by atoms with E-state index in [0.29, 0.717) is 49.0 Å². The SMILES string of the molecule is CS(=O)(=O)N(CCN1CCOCC1)c1cccc(N=C(c2ccccc2)c2c(O)[nH]c3ccccc23)c1. The van der Waals surface area contributed by atoms with E-state index in [1.54, 1.807) is 18.2 Å². The maximum Gasteiger partial charge on any atom is 0.232 e. The largest absolute Gasteiger partial charge is 0.494 e. The predicted octanol–water partition coefficient (Wildman–Crippen LogP) is 4.14. The highest BCUT2D eigenvalue weighted by atomic mass is 32.2. The number of nitrogens with zero attached hydrogens (tertiary/aromatic N) is 3. The summed E-state index contributed by atoms with van der Waals surface area (Å²) in [5.41, 5.74) is 3.96. The van der Waals surface area contributed by atoms with E-state index in [4.69, 9.17) is 9.73 Å². The van der Waals surface area contributed by atoms with Crippen molar-refractivity contribution in [3.8, 4) is 5.88 Å². The number of aromatic hydroxyl groups is 1. The number of fused-ring (bicyclic) bond motifs is 1. The van der Waals surface area contributed by atoms with Crippen molar-refractivity contribution in [2.45, 2.75) is 0 Å². The van der Waals surface area contributed by atoms with Gasteiger partial charge in [0.1, 0.15) is 0 Å². The van der Waals surface area contributed by atoms with E-state index >= 15 is 0 Å². The lowest BCUT2D eigenvalue weighted by Gasteiger charge is -2.30. The fraction of sp³-hybridized carbons (Fsp3) is 0.250. The zero-order chi connectivity index (χ0) is 25.8. The summed E-state index contributed by atoms with van der Waals surface area (Å²) in [4.78, 5) is 10.2. The molecule has 0 saturated carbocycles. The van der Waals surface area contributed by atoms with Gasteiger partial charge in [0.15, 0.2) is 5.88 Å². The summed E-state index contributed by atoms with van der Waals surface area (Å²) < 4.78 is 32.3. The normalized spacial score (nSPS) is 15.2. The monoisotopic (exact) mass is 518 g/mol. The Hall–Kier alpha value is -3.66. The van der Waals surface area contributed by atoms with Crippen LogP contribution >= 0.6 is 0 Å². The van der Waals surface area contributed by atoms with E-state index in [9.17, 15) is 13.5 Å². The van der Waals surface area contributed by atoms with Gasteiger partial charge in [0.05, 0.1) is 42.1 Å². The third-order valence-corrected chi connectivity index (χ3v) is 7.65. The van der Waals surface area contributed by atoms with Crippen LogP contribution in [0.25, 0.3) is 10.9 Å². The Morgan fingerprint density at radius 1 is 1.03 bits per heavy atom. The molecule has 1 saturated heterocycles. The average molecular weight is 519 g/mol. The van der Waals surface area contributed by atoms with E-state index in [0.717, 1.165) is 29.6 Å². The van der Waals surface area contributed by atoms with Crippen molar-refractivity contribution >= 4 is 38.0 Å². The molecule has 1 aliphatic rings. The van der Waals surface area contributed by atoms with Crippen molar-refractivity contribution in [2.75, 3.05) is 50.0 Å². The lowest BCUT2D eigenvalue weighted by atomic mass is 10.0. The number of morpholine rings is 1. The smallest absolute Gasteiger partial charge is 0.232 e. The molecule has 0 atom stereocenters. The van der Waals surface area contributed by atoms with Crippen LogP contribution in [-0.2, 0) is 14.8 Å². The van der Waals surface area contributed by atoms with Gasteiger partial charge in [-0.05, 0) is 24.3 Å². The molecule has 0 radical (unpaired) electrons. The van der Waals surface area contributed by atoms with Crippen LogP contribution in [0.2, 0.25) is 0 Å². The quantitative estimate of drug-likeness (QED) is 0.342. The van der Waals surface area contributed by atoms with Crippen molar-refractivity contribution in [1.29, 1.82) is 0 Å². The van der Waals surface area contributed by atoms with Gasteiger partial charge in [0, 0.05) is 42.6 Å². The number of para-hydroxylation sites is 1. The second kappa shape index (κ2) is 10.8. The Balaban J connectivity index is 1.55. The summed E-state index contributed by atoms with van der Waals surface area (Å²) in [7, 11) is -3.51. The Kier molecular flexibility index (Phi) is 7.27. The first-order valence-corrected chi connectivity index (χ1v) is 14.1. The van der Waals surface area contributed by atoms with Gasteiger partial charge in [-0.15, -0.1) is 0 Å². The van der Waals surface area contributed by atoms with Crippen molar-refractivity contribution in [2.24, 2.45) is 4.99 Å². The first-order valence-electron chi connectivity index (χ1n) is 12.2. The van der Waals surface area contributed by atoms with Gasteiger partial charge in [0.25, 0.3) is 0 Å². The van der Waals surface area contributed by atoms with Gasteiger partial charge in [-0.2, -0.15) is 0 Å². The summed E-state index contributed by atoms with van der Waals surface area (Å²) in [6, 6.07) is 24.5. The first kappa shape index (κ1) is 25.0. The van der Waals surface area contributed by atoms with Crippen molar-refractivity contribution in [1.82, 2.24) is 9.88 Å². The zero-order valence-electron chi connectivity index (χ0n) is 20.7. The fourth-order valence-corrected chi connectivity index (χ4v) is 5.53. The second-order valence-corrected chi connectivity index (χ2v) is 10.9. The van der Waals surface area contributed by atoms with Crippen molar-refractivity contribution in [3.63, 3.8) is 0 Å². The van der Waals surface area contributed by atoms with Crippen LogP contribution in [0, 0.1) is 0 Å². The number of nitrogens with one attached hydrogen (secondary N) is 1. The number of hydrogen-bond acceptors (Lipinski definition) is 6. The molecular weight excluding hydrogens is 488 g/mol. The molecule has 1 fully saturated rings. The second-order valence-electron chi connectivity index (χ2n) is 9.03. The number of rotatable bonds is 8. The van der Waals surface area contributed by atoms with Gasteiger partial charge in [-0.3, -0.25) is 9.21 Å². The molecule has 2 heterocycles. The molecule has 37 heavy (non-hydrogen) atoms. The molecule has 1 aromatic heterocycles. The van der Waals surface area contributed by atoms with Crippen molar-refractivity contribution in [3.05, 3.63) is 90.0 Å². The Bertz CT molecular complexity index is 1510. The molecule has 4 aromatic rings. The van der Waals surface area contributed by atoms with E-state index in [1.807, 2.05) is 60.7 Å². The Morgan fingerprint density at radius 2 is 1.76 bits per heavy atom. The highest BCUT2D eigenvalue weighted by Crippen LogP contribution is 2.32. The van der Waals surface area contributed by atoms with Gasteiger partial charge in [-0.25, -0.2) is 13.4 Å². The highest BCUT2D eigenvalue weighted by molar-refractivity contribution is 7.92. The number of anilines is 1. The summed E-state index contributed by atoms with van der Waals surface area (Å²) in [5, 5.41) is 11.7. The molecule has 0 aliphatic carbocycles. The Labute approximate surface area is 216 Å². The maximum absolute atomic E-state index is 12.7. The average Bonchev–Trinajstić information content (AvgIpc) is 3.23.